The van der Waals surface area contributed by atoms with Crippen molar-refractivity contribution in [1.82, 2.24) is 16.0 Å². The van der Waals surface area contributed by atoms with E-state index in [-0.39, 0.29) is 6.54 Å². The molecule has 1 aliphatic heterocycles. The zero-order valence-corrected chi connectivity index (χ0v) is 19.5. The van der Waals surface area contributed by atoms with Crippen molar-refractivity contribution in [2.24, 2.45) is 0 Å². The predicted molar refractivity (Wildman–Crippen MR) is 110 cm³/mol. The van der Waals surface area contributed by atoms with Crippen LogP contribution in [0.15, 0.2) is 0 Å². The Morgan fingerprint density at radius 1 is 0.848 bits per heavy atom. The van der Waals surface area contributed by atoms with Gasteiger partial charge in [0.1, 0.15) is 18.8 Å². The van der Waals surface area contributed by atoms with Gasteiger partial charge in [-0.2, -0.15) is 0 Å². The van der Waals surface area contributed by atoms with E-state index in [9.17, 15) is 28.8 Å². The van der Waals surface area contributed by atoms with Crippen LogP contribution in [0.4, 0.5) is 0 Å². The Balaban J connectivity index is 3.07. The molecular weight excluding hydrogens is 442 g/mol. The Hall–Kier alpha value is -3.22. The third-order valence-electron chi connectivity index (χ3n) is 4.54. The summed E-state index contributed by atoms with van der Waals surface area (Å²) in [5.41, 5.74) is 0. The number of ether oxygens (including phenoxy) is 4. The molecule has 0 radical (unpaired) electrons. The van der Waals surface area contributed by atoms with Crippen LogP contribution in [0.25, 0.3) is 0 Å². The fourth-order valence-electron chi connectivity index (χ4n) is 3.34. The molecule has 3 N–H and O–H groups in total. The highest BCUT2D eigenvalue weighted by atomic mass is 16.6. The molecule has 3 amide bonds. The summed E-state index contributed by atoms with van der Waals surface area (Å²) in [5.74, 6) is -3.61. The van der Waals surface area contributed by atoms with E-state index in [1.54, 1.807) is 6.92 Å². The highest BCUT2D eigenvalue weighted by molar-refractivity contribution is 5.87. The molecule has 0 aromatic rings. The Morgan fingerprint density at radius 2 is 1.42 bits per heavy atom. The molecular formula is C20H31N3O10. The van der Waals surface area contributed by atoms with Gasteiger partial charge in [0.15, 0.2) is 12.2 Å². The van der Waals surface area contributed by atoms with Crippen LogP contribution >= 0.6 is 0 Å². The zero-order valence-electron chi connectivity index (χ0n) is 19.5. The number of hydrogen-bond acceptors (Lipinski definition) is 10. The summed E-state index contributed by atoms with van der Waals surface area (Å²) in [6.45, 7) is 6.97. The van der Waals surface area contributed by atoms with E-state index in [1.807, 2.05) is 0 Å². The largest absolute Gasteiger partial charge is 0.463 e. The molecule has 33 heavy (non-hydrogen) atoms. The number of carbonyl (C=O) groups is 6. The summed E-state index contributed by atoms with van der Waals surface area (Å²) >= 11 is 0. The van der Waals surface area contributed by atoms with E-state index in [1.165, 1.54) is 20.8 Å². The van der Waals surface area contributed by atoms with Crippen LogP contribution in [-0.4, -0.2) is 85.3 Å². The Labute approximate surface area is 191 Å². The van der Waals surface area contributed by atoms with Crippen molar-refractivity contribution < 1.29 is 47.7 Å². The van der Waals surface area contributed by atoms with E-state index in [0.717, 1.165) is 13.8 Å². The molecule has 1 fully saturated rings. The summed E-state index contributed by atoms with van der Waals surface area (Å²) in [7, 11) is 0. The lowest BCUT2D eigenvalue weighted by molar-refractivity contribution is -0.212. The third-order valence-corrected chi connectivity index (χ3v) is 4.54. The second kappa shape index (κ2) is 12.7. The van der Waals surface area contributed by atoms with E-state index in [2.05, 4.69) is 16.0 Å². The monoisotopic (exact) mass is 473 g/mol. The standard InChI is InChI=1S/C20H31N3O10/c1-9-17(23-11(3)25)19(33-14(6)28)18(32-13(5)27)16(31-9)7-21-20(29)15(22-10(2)24)8-30-12(4)26/h9,15-19H,7-8H2,1-6H3,(H,21,29)(H,22,24)(H,23,25). The molecule has 13 heteroatoms. The molecule has 0 saturated carbocycles. The summed E-state index contributed by atoms with van der Waals surface area (Å²) in [5, 5.41) is 7.54. The van der Waals surface area contributed by atoms with Crippen LogP contribution in [-0.2, 0) is 47.7 Å². The van der Waals surface area contributed by atoms with Crippen molar-refractivity contribution >= 4 is 35.6 Å². The topological polar surface area (TPSA) is 175 Å². The number of carbonyl (C=O) groups excluding carboxylic acids is 6. The predicted octanol–water partition coefficient (Wildman–Crippen LogP) is -1.67. The van der Waals surface area contributed by atoms with Gasteiger partial charge in [0.2, 0.25) is 17.7 Å². The third kappa shape index (κ3) is 9.43. The Morgan fingerprint density at radius 3 is 1.91 bits per heavy atom. The van der Waals surface area contributed by atoms with Crippen molar-refractivity contribution in [3.05, 3.63) is 0 Å². The highest BCUT2D eigenvalue weighted by Gasteiger charge is 2.48. The first-order valence-corrected chi connectivity index (χ1v) is 10.3. The lowest BCUT2D eigenvalue weighted by Gasteiger charge is -2.44. The van der Waals surface area contributed by atoms with Crippen LogP contribution in [0.3, 0.4) is 0 Å². The molecule has 1 saturated heterocycles. The second-order valence-electron chi connectivity index (χ2n) is 7.55. The molecule has 6 atom stereocenters. The smallest absolute Gasteiger partial charge is 0.303 e. The Kier molecular flexibility index (Phi) is 10.7. The zero-order chi connectivity index (χ0) is 25.3. The fourth-order valence-corrected chi connectivity index (χ4v) is 3.34. The van der Waals surface area contributed by atoms with Gasteiger partial charge >= 0.3 is 17.9 Å². The van der Waals surface area contributed by atoms with E-state index in [4.69, 9.17) is 18.9 Å². The molecule has 1 heterocycles. The van der Waals surface area contributed by atoms with E-state index >= 15 is 0 Å². The first-order chi connectivity index (χ1) is 15.3. The lowest BCUT2D eigenvalue weighted by atomic mass is 9.92. The van der Waals surface area contributed by atoms with Crippen LogP contribution in [0.5, 0.6) is 0 Å². The van der Waals surface area contributed by atoms with Gasteiger partial charge in [-0.15, -0.1) is 0 Å². The van der Waals surface area contributed by atoms with Crippen LogP contribution in [0.1, 0.15) is 41.5 Å². The van der Waals surface area contributed by atoms with Gasteiger partial charge in [0.05, 0.1) is 12.1 Å². The number of nitrogens with one attached hydrogen (secondary N) is 3. The molecule has 13 nitrogen and oxygen atoms in total. The molecule has 0 aromatic carbocycles. The van der Waals surface area contributed by atoms with E-state index in [0.29, 0.717) is 0 Å². The molecule has 1 aliphatic rings. The summed E-state index contributed by atoms with van der Waals surface area (Å²) in [6.07, 6.45) is -3.89. The summed E-state index contributed by atoms with van der Waals surface area (Å²) in [6, 6.07) is -1.99. The number of rotatable bonds is 9. The lowest BCUT2D eigenvalue weighted by Crippen LogP contribution is -2.66. The molecule has 0 aromatic heterocycles. The molecule has 186 valence electrons. The van der Waals surface area contributed by atoms with Gasteiger partial charge in [-0.05, 0) is 6.92 Å². The van der Waals surface area contributed by atoms with Gasteiger partial charge in [-0.1, -0.05) is 0 Å². The van der Waals surface area contributed by atoms with Crippen molar-refractivity contribution in [3.8, 4) is 0 Å². The van der Waals surface area contributed by atoms with Crippen LogP contribution in [0, 0.1) is 0 Å². The van der Waals surface area contributed by atoms with Crippen LogP contribution < -0.4 is 16.0 Å². The molecule has 0 spiro atoms. The van der Waals surface area contributed by atoms with Crippen molar-refractivity contribution in [2.45, 2.75) is 78.0 Å². The highest BCUT2D eigenvalue weighted by Crippen LogP contribution is 2.26. The van der Waals surface area contributed by atoms with Gasteiger partial charge < -0.3 is 34.9 Å². The first kappa shape index (κ1) is 27.8. The summed E-state index contributed by atoms with van der Waals surface area (Å²) < 4.78 is 21.4. The SMILES string of the molecule is CC(=O)NC(COC(C)=O)C(=O)NCC1OC(C)C(NC(C)=O)C(OC(C)=O)C1OC(C)=O. The van der Waals surface area contributed by atoms with Gasteiger partial charge in [0, 0.05) is 41.2 Å². The maximum Gasteiger partial charge on any atom is 0.303 e. The van der Waals surface area contributed by atoms with Gasteiger partial charge in [-0.25, -0.2) is 0 Å². The molecule has 0 bridgehead atoms. The van der Waals surface area contributed by atoms with Gasteiger partial charge in [-0.3, -0.25) is 28.8 Å². The number of hydrogen-bond donors (Lipinski definition) is 3. The minimum atomic E-state index is -1.17. The maximum absolute atomic E-state index is 12.6. The minimum absolute atomic E-state index is 0.207. The van der Waals surface area contributed by atoms with Crippen molar-refractivity contribution in [3.63, 3.8) is 0 Å². The number of esters is 3. The molecule has 6 unspecified atom stereocenters. The fraction of sp³-hybridized carbons (Fsp3) is 0.700. The van der Waals surface area contributed by atoms with E-state index < -0.39 is 78.7 Å². The van der Waals surface area contributed by atoms with Crippen molar-refractivity contribution in [2.75, 3.05) is 13.2 Å². The second-order valence-corrected chi connectivity index (χ2v) is 7.55. The maximum atomic E-state index is 12.6. The molecule has 1 rings (SSSR count). The number of amides is 3. The Bertz CT molecular complexity index is 771. The molecule has 0 aliphatic carbocycles. The van der Waals surface area contributed by atoms with Gasteiger partial charge in [0.25, 0.3) is 0 Å². The van der Waals surface area contributed by atoms with Crippen molar-refractivity contribution in [1.29, 1.82) is 0 Å². The quantitative estimate of drug-likeness (QED) is 0.259. The average Bonchev–Trinajstić information content (AvgIpc) is 2.67. The summed E-state index contributed by atoms with van der Waals surface area (Å²) in [4.78, 5) is 70.1. The normalized spacial score (nSPS) is 25.1. The first-order valence-electron chi connectivity index (χ1n) is 10.3. The minimum Gasteiger partial charge on any atom is -0.463 e. The average molecular weight is 473 g/mol. The van der Waals surface area contributed by atoms with Crippen LogP contribution in [0.2, 0.25) is 0 Å².